The first kappa shape index (κ1) is 19.9. The van der Waals surface area contributed by atoms with Gasteiger partial charge in [-0.25, -0.2) is 0 Å². The molecule has 1 N–H and O–H groups in total. The average molecular weight is 330 g/mol. The topological polar surface area (TPSA) is 82.1 Å². The molecule has 0 unspecified atom stereocenters. The van der Waals surface area contributed by atoms with Crippen LogP contribution in [-0.2, 0) is 23.8 Å². The van der Waals surface area contributed by atoms with Gasteiger partial charge in [0.05, 0.1) is 31.2 Å². The van der Waals surface area contributed by atoms with E-state index in [2.05, 4.69) is 0 Å². The molecule has 0 bridgehead atoms. The minimum absolute atomic E-state index is 0.160. The van der Waals surface area contributed by atoms with E-state index >= 15 is 0 Å². The number of rotatable bonds is 9. The van der Waals surface area contributed by atoms with Crippen molar-refractivity contribution >= 4 is 11.9 Å². The number of esters is 1. The summed E-state index contributed by atoms with van der Waals surface area (Å²) in [5.41, 5.74) is -1.43. The van der Waals surface area contributed by atoms with Crippen molar-refractivity contribution in [3.63, 3.8) is 0 Å². The second-order valence-electron chi connectivity index (χ2n) is 7.29. The van der Waals surface area contributed by atoms with E-state index in [0.29, 0.717) is 26.1 Å². The molecule has 1 aliphatic carbocycles. The summed E-state index contributed by atoms with van der Waals surface area (Å²) in [5.74, 6) is -1.77. The van der Waals surface area contributed by atoms with Gasteiger partial charge in [0.25, 0.3) is 0 Å². The molecule has 0 aromatic carbocycles. The standard InChI is InChI=1S/C17H30O6/c1-16(2,3)23-14(18)13(12-22-10-9-21-4)11-17(15(19)20)7-5-6-8-17/h13H,5-12H2,1-4H3,(H,19,20)/t13-/m1/s1. The van der Waals surface area contributed by atoms with Crippen molar-refractivity contribution < 1.29 is 28.9 Å². The fraction of sp³-hybridized carbons (Fsp3) is 0.882. The Hall–Kier alpha value is -1.14. The quantitative estimate of drug-likeness (QED) is 0.517. The Balaban J connectivity index is 2.76. The van der Waals surface area contributed by atoms with Crippen LogP contribution in [-0.4, -0.2) is 49.6 Å². The zero-order valence-corrected chi connectivity index (χ0v) is 14.7. The average Bonchev–Trinajstić information content (AvgIpc) is 2.90. The Bertz CT molecular complexity index is 392. The molecule has 0 aliphatic heterocycles. The summed E-state index contributed by atoms with van der Waals surface area (Å²) in [5, 5.41) is 9.62. The van der Waals surface area contributed by atoms with Crippen LogP contribution < -0.4 is 0 Å². The third-order valence-electron chi connectivity index (χ3n) is 4.14. The van der Waals surface area contributed by atoms with Crippen molar-refractivity contribution in [3.8, 4) is 0 Å². The molecular weight excluding hydrogens is 300 g/mol. The maximum absolute atomic E-state index is 12.4. The van der Waals surface area contributed by atoms with Gasteiger partial charge in [0, 0.05) is 7.11 Å². The third kappa shape index (κ3) is 6.47. The Morgan fingerprint density at radius 3 is 2.26 bits per heavy atom. The predicted molar refractivity (Wildman–Crippen MR) is 85.2 cm³/mol. The number of hydrogen-bond acceptors (Lipinski definition) is 5. The lowest BCUT2D eigenvalue weighted by Gasteiger charge is -2.30. The highest BCUT2D eigenvalue weighted by atomic mass is 16.6. The summed E-state index contributed by atoms with van der Waals surface area (Å²) >= 11 is 0. The van der Waals surface area contributed by atoms with Crippen LogP contribution in [0.1, 0.15) is 52.9 Å². The van der Waals surface area contributed by atoms with E-state index in [1.165, 1.54) is 0 Å². The number of hydrogen-bond donors (Lipinski definition) is 1. The highest BCUT2D eigenvalue weighted by Crippen LogP contribution is 2.43. The fourth-order valence-corrected chi connectivity index (χ4v) is 2.99. The number of carboxylic acid groups (broad SMARTS) is 1. The molecule has 1 fully saturated rings. The van der Waals surface area contributed by atoms with Gasteiger partial charge >= 0.3 is 11.9 Å². The van der Waals surface area contributed by atoms with Crippen molar-refractivity contribution in [2.75, 3.05) is 26.9 Å². The molecule has 134 valence electrons. The van der Waals surface area contributed by atoms with Crippen LogP contribution in [0.15, 0.2) is 0 Å². The van der Waals surface area contributed by atoms with E-state index < -0.39 is 22.9 Å². The van der Waals surface area contributed by atoms with Crippen LogP contribution >= 0.6 is 0 Å². The molecule has 1 saturated carbocycles. The van der Waals surface area contributed by atoms with Gasteiger partial charge in [-0.05, 0) is 40.0 Å². The molecule has 0 saturated heterocycles. The van der Waals surface area contributed by atoms with E-state index in [0.717, 1.165) is 12.8 Å². The van der Waals surface area contributed by atoms with Gasteiger partial charge in [-0.1, -0.05) is 12.8 Å². The Kier molecular flexibility index (Phi) is 7.48. The summed E-state index contributed by atoms with van der Waals surface area (Å²) < 4.78 is 15.9. The molecule has 0 spiro atoms. The molecule has 0 amide bonds. The zero-order valence-electron chi connectivity index (χ0n) is 14.7. The number of carbonyl (C=O) groups excluding carboxylic acids is 1. The Morgan fingerprint density at radius 1 is 1.17 bits per heavy atom. The highest BCUT2D eigenvalue weighted by Gasteiger charge is 2.45. The van der Waals surface area contributed by atoms with Crippen LogP contribution in [0.25, 0.3) is 0 Å². The minimum Gasteiger partial charge on any atom is -0.481 e. The monoisotopic (exact) mass is 330 g/mol. The van der Waals surface area contributed by atoms with Crippen molar-refractivity contribution in [2.24, 2.45) is 11.3 Å². The second kappa shape index (κ2) is 8.64. The van der Waals surface area contributed by atoms with Crippen LogP contribution in [0.4, 0.5) is 0 Å². The van der Waals surface area contributed by atoms with Gasteiger partial charge < -0.3 is 19.3 Å². The smallest absolute Gasteiger partial charge is 0.311 e. The number of aliphatic carboxylic acids is 1. The number of methoxy groups -OCH3 is 1. The van der Waals surface area contributed by atoms with E-state index in [9.17, 15) is 14.7 Å². The lowest BCUT2D eigenvalue weighted by Crippen LogP contribution is -2.37. The molecule has 0 heterocycles. The van der Waals surface area contributed by atoms with Gasteiger partial charge in [0.1, 0.15) is 5.60 Å². The predicted octanol–water partition coefficient (Wildman–Crippen LogP) is 2.64. The molecule has 1 rings (SSSR count). The molecule has 6 nitrogen and oxygen atoms in total. The van der Waals surface area contributed by atoms with Gasteiger partial charge in [-0.3, -0.25) is 9.59 Å². The molecule has 0 radical (unpaired) electrons. The first-order valence-electron chi connectivity index (χ1n) is 8.23. The van der Waals surface area contributed by atoms with E-state index in [4.69, 9.17) is 14.2 Å². The van der Waals surface area contributed by atoms with Crippen LogP contribution in [0.2, 0.25) is 0 Å². The minimum atomic E-state index is -0.827. The third-order valence-corrected chi connectivity index (χ3v) is 4.14. The van der Waals surface area contributed by atoms with Crippen molar-refractivity contribution in [2.45, 2.75) is 58.5 Å². The lowest BCUT2D eigenvalue weighted by atomic mass is 9.78. The summed E-state index contributed by atoms with van der Waals surface area (Å²) in [6.45, 7) is 6.37. The van der Waals surface area contributed by atoms with Crippen LogP contribution in [0.3, 0.4) is 0 Å². The maximum atomic E-state index is 12.4. The number of carbonyl (C=O) groups is 2. The first-order valence-corrected chi connectivity index (χ1v) is 8.23. The van der Waals surface area contributed by atoms with E-state index in [-0.39, 0.29) is 19.0 Å². The molecular formula is C17H30O6. The molecule has 0 aromatic rings. The largest absolute Gasteiger partial charge is 0.481 e. The molecule has 23 heavy (non-hydrogen) atoms. The normalized spacial score (nSPS) is 18.6. The summed E-state index contributed by atoms with van der Waals surface area (Å²) in [7, 11) is 1.58. The summed E-state index contributed by atoms with van der Waals surface area (Å²) in [4.78, 5) is 24.2. The summed E-state index contributed by atoms with van der Waals surface area (Å²) in [6.07, 6.45) is 3.26. The zero-order chi connectivity index (χ0) is 17.5. The van der Waals surface area contributed by atoms with Crippen LogP contribution in [0, 0.1) is 11.3 Å². The number of ether oxygens (including phenoxy) is 3. The van der Waals surface area contributed by atoms with E-state index in [1.807, 2.05) is 0 Å². The highest BCUT2D eigenvalue weighted by molar-refractivity contribution is 5.78. The lowest BCUT2D eigenvalue weighted by molar-refractivity contribution is -0.165. The van der Waals surface area contributed by atoms with Gasteiger partial charge in [-0.2, -0.15) is 0 Å². The number of carboxylic acids is 1. The SMILES string of the molecule is COCCOC[C@@H](CC1(C(=O)O)CCCC1)C(=O)OC(C)(C)C. The Labute approximate surface area is 138 Å². The molecule has 6 heteroatoms. The van der Waals surface area contributed by atoms with Crippen molar-refractivity contribution in [1.29, 1.82) is 0 Å². The van der Waals surface area contributed by atoms with Crippen LogP contribution in [0.5, 0.6) is 0 Å². The Morgan fingerprint density at radius 2 is 1.78 bits per heavy atom. The first-order chi connectivity index (χ1) is 10.7. The van der Waals surface area contributed by atoms with Crippen molar-refractivity contribution in [1.82, 2.24) is 0 Å². The van der Waals surface area contributed by atoms with Gasteiger partial charge in [0.15, 0.2) is 0 Å². The van der Waals surface area contributed by atoms with Gasteiger partial charge in [0.2, 0.25) is 0 Å². The van der Waals surface area contributed by atoms with Crippen molar-refractivity contribution in [3.05, 3.63) is 0 Å². The molecule has 0 aromatic heterocycles. The molecule has 1 atom stereocenters. The summed E-state index contributed by atoms with van der Waals surface area (Å²) in [6, 6.07) is 0. The second-order valence-corrected chi connectivity index (χ2v) is 7.29. The fourth-order valence-electron chi connectivity index (χ4n) is 2.99. The maximum Gasteiger partial charge on any atom is 0.311 e. The molecule has 1 aliphatic rings. The van der Waals surface area contributed by atoms with E-state index in [1.54, 1.807) is 27.9 Å². The van der Waals surface area contributed by atoms with Gasteiger partial charge in [-0.15, -0.1) is 0 Å².